The maximum absolute atomic E-state index is 10.9. The van der Waals surface area contributed by atoms with Gasteiger partial charge in [0.25, 0.3) is 5.69 Å². The lowest BCUT2D eigenvalue weighted by molar-refractivity contribution is -0.385. The molecule has 0 unspecified atom stereocenters. The lowest BCUT2D eigenvalue weighted by atomic mass is 10.2. The predicted molar refractivity (Wildman–Crippen MR) is 151 cm³/mol. The second-order valence-corrected chi connectivity index (χ2v) is 8.69. The Morgan fingerprint density at radius 2 is 1.82 bits per heavy atom. The van der Waals surface area contributed by atoms with Crippen LogP contribution in [0.25, 0.3) is 0 Å². The lowest BCUT2D eigenvalue weighted by Gasteiger charge is -2.16. The van der Waals surface area contributed by atoms with E-state index in [9.17, 15) is 10.1 Å². The van der Waals surface area contributed by atoms with Gasteiger partial charge in [-0.2, -0.15) is 20.1 Å². The Morgan fingerprint density at radius 1 is 1.02 bits per heavy atom. The minimum absolute atomic E-state index is 0.120. The van der Waals surface area contributed by atoms with Gasteiger partial charge in [0, 0.05) is 30.9 Å². The molecule has 13 nitrogen and oxygen atoms in total. The summed E-state index contributed by atoms with van der Waals surface area (Å²) >= 11 is 0. The molecule has 5 rings (SSSR count). The molecule has 4 aromatic rings. The summed E-state index contributed by atoms with van der Waals surface area (Å²) in [5.41, 5.74) is 4.39. The number of nitrogens with one attached hydrogen (secondary N) is 2. The molecule has 1 saturated heterocycles. The van der Waals surface area contributed by atoms with Gasteiger partial charge in [0.15, 0.2) is 11.5 Å². The van der Waals surface area contributed by atoms with Gasteiger partial charge in [-0.1, -0.05) is 18.2 Å². The molecule has 2 aromatic carbocycles. The van der Waals surface area contributed by atoms with Crippen LogP contribution in [-0.2, 0) is 0 Å². The van der Waals surface area contributed by atoms with Gasteiger partial charge < -0.3 is 19.7 Å². The van der Waals surface area contributed by atoms with Crippen LogP contribution in [0.5, 0.6) is 17.4 Å². The number of benzene rings is 2. The summed E-state index contributed by atoms with van der Waals surface area (Å²) in [7, 11) is 0. The zero-order chi connectivity index (χ0) is 27.7. The van der Waals surface area contributed by atoms with Crippen molar-refractivity contribution in [2.24, 2.45) is 5.10 Å². The molecule has 2 N–H and O–H groups in total. The van der Waals surface area contributed by atoms with Gasteiger partial charge in [-0.05, 0) is 55.7 Å². The first kappa shape index (κ1) is 26.3. The van der Waals surface area contributed by atoms with Crippen LogP contribution in [-0.4, -0.2) is 50.8 Å². The molecule has 0 bridgehead atoms. The van der Waals surface area contributed by atoms with Gasteiger partial charge in [0.05, 0.1) is 17.7 Å². The quantitative estimate of drug-likeness (QED) is 0.147. The third-order valence-corrected chi connectivity index (χ3v) is 5.83. The average Bonchev–Trinajstić information content (AvgIpc) is 3.51. The van der Waals surface area contributed by atoms with Gasteiger partial charge in [-0.15, -0.1) is 0 Å². The maximum Gasteiger partial charge on any atom is 0.287 e. The van der Waals surface area contributed by atoms with E-state index in [4.69, 9.17) is 9.47 Å². The van der Waals surface area contributed by atoms with E-state index in [1.54, 1.807) is 24.4 Å². The molecule has 0 radical (unpaired) electrons. The molecule has 204 valence electrons. The Balaban J connectivity index is 1.32. The molecular weight excluding hydrogens is 514 g/mol. The van der Waals surface area contributed by atoms with Crippen LogP contribution in [0.3, 0.4) is 0 Å². The number of nitrogens with zero attached hydrogens (tertiary/aromatic N) is 7. The van der Waals surface area contributed by atoms with Crippen molar-refractivity contribution in [2.45, 2.75) is 19.8 Å². The lowest BCUT2D eigenvalue weighted by Crippen LogP contribution is -2.21. The van der Waals surface area contributed by atoms with Crippen LogP contribution in [0.15, 0.2) is 72.0 Å². The average molecular weight is 542 g/mol. The molecule has 0 spiro atoms. The minimum atomic E-state index is -0.518. The van der Waals surface area contributed by atoms with Crippen LogP contribution in [0.4, 0.5) is 29.2 Å². The maximum atomic E-state index is 10.9. The number of hydrogen-bond donors (Lipinski definition) is 2. The molecular formula is C27H27N9O4. The summed E-state index contributed by atoms with van der Waals surface area (Å²) in [5.74, 6) is 2.40. The van der Waals surface area contributed by atoms with Crippen molar-refractivity contribution < 1.29 is 14.4 Å². The van der Waals surface area contributed by atoms with E-state index < -0.39 is 4.92 Å². The monoisotopic (exact) mass is 541 g/mol. The minimum Gasteiger partial charge on any atom is -0.490 e. The molecule has 3 heterocycles. The number of nitro groups is 1. The van der Waals surface area contributed by atoms with Gasteiger partial charge in [0.2, 0.25) is 23.7 Å². The number of ether oxygens (including phenoxy) is 2. The van der Waals surface area contributed by atoms with Crippen molar-refractivity contribution in [1.29, 1.82) is 0 Å². The highest BCUT2D eigenvalue weighted by Gasteiger charge is 2.18. The van der Waals surface area contributed by atoms with E-state index in [0.717, 1.165) is 43.4 Å². The largest absolute Gasteiger partial charge is 0.490 e. The van der Waals surface area contributed by atoms with E-state index in [1.807, 2.05) is 37.3 Å². The Morgan fingerprint density at radius 3 is 2.55 bits per heavy atom. The van der Waals surface area contributed by atoms with E-state index in [2.05, 4.69) is 40.7 Å². The Labute approximate surface area is 230 Å². The third-order valence-electron chi connectivity index (χ3n) is 5.83. The van der Waals surface area contributed by atoms with Crippen LogP contribution in [0.2, 0.25) is 0 Å². The highest BCUT2D eigenvalue weighted by Crippen LogP contribution is 2.32. The van der Waals surface area contributed by atoms with E-state index >= 15 is 0 Å². The Hall–Kier alpha value is -5.33. The van der Waals surface area contributed by atoms with Gasteiger partial charge in [-0.3, -0.25) is 10.1 Å². The van der Waals surface area contributed by atoms with Gasteiger partial charge >= 0.3 is 0 Å². The summed E-state index contributed by atoms with van der Waals surface area (Å²) in [6, 6.07) is 17.7. The SMILES string of the molecule is CCOc1cc(/C=N/Nc2nc(Nc3ccccc3)nc(N3CCCC3)n2)ccc1Oc1ccc([N+](=O)[O-])cn1. The zero-order valence-electron chi connectivity index (χ0n) is 21.7. The summed E-state index contributed by atoms with van der Waals surface area (Å²) < 4.78 is 11.5. The van der Waals surface area contributed by atoms with Crippen molar-refractivity contribution in [1.82, 2.24) is 19.9 Å². The molecule has 0 amide bonds. The van der Waals surface area contributed by atoms with Crippen molar-refractivity contribution in [3.63, 3.8) is 0 Å². The fourth-order valence-electron chi connectivity index (χ4n) is 3.96. The summed E-state index contributed by atoms with van der Waals surface area (Å²) in [6.45, 7) is 4.04. The second-order valence-electron chi connectivity index (χ2n) is 8.69. The van der Waals surface area contributed by atoms with Gasteiger partial charge in [0.1, 0.15) is 6.20 Å². The molecule has 0 aliphatic carbocycles. The normalized spacial score (nSPS) is 12.9. The summed E-state index contributed by atoms with van der Waals surface area (Å²) in [6.07, 6.45) is 4.94. The van der Waals surface area contributed by atoms with E-state index in [1.165, 1.54) is 12.1 Å². The summed E-state index contributed by atoms with van der Waals surface area (Å²) in [5, 5.41) is 18.4. The van der Waals surface area contributed by atoms with Crippen LogP contribution >= 0.6 is 0 Å². The van der Waals surface area contributed by atoms with Crippen molar-refractivity contribution >= 4 is 35.4 Å². The molecule has 40 heavy (non-hydrogen) atoms. The van der Waals surface area contributed by atoms with E-state index in [-0.39, 0.29) is 11.6 Å². The number of hydrogen-bond acceptors (Lipinski definition) is 12. The number of rotatable bonds is 11. The number of anilines is 4. The zero-order valence-corrected chi connectivity index (χ0v) is 21.7. The van der Waals surface area contributed by atoms with Crippen LogP contribution < -0.4 is 25.1 Å². The first-order valence-electron chi connectivity index (χ1n) is 12.7. The molecule has 1 aliphatic rings. The fraction of sp³-hybridized carbons (Fsp3) is 0.222. The highest BCUT2D eigenvalue weighted by molar-refractivity contribution is 5.81. The van der Waals surface area contributed by atoms with Crippen LogP contribution in [0.1, 0.15) is 25.3 Å². The first-order chi connectivity index (χ1) is 19.6. The Bertz CT molecular complexity index is 1480. The molecule has 13 heteroatoms. The topological polar surface area (TPSA) is 153 Å². The standard InChI is InChI=1S/C27H27N9O4/c1-2-39-23-16-19(10-12-22(23)40-24-13-11-21(18-28-24)36(37)38)17-29-34-26-31-25(30-20-8-4-3-5-9-20)32-27(33-26)35-14-6-7-15-35/h3-5,8-13,16-18H,2,6-7,14-15H2,1H3,(H2,30,31,32,33,34)/b29-17+. The highest BCUT2D eigenvalue weighted by atomic mass is 16.6. The van der Waals surface area contributed by atoms with Gasteiger partial charge in [-0.25, -0.2) is 10.4 Å². The number of pyridine rings is 1. The molecule has 0 atom stereocenters. The Kier molecular flexibility index (Phi) is 8.20. The third kappa shape index (κ3) is 6.75. The number of hydrazone groups is 1. The predicted octanol–water partition coefficient (Wildman–Crippen LogP) is 5.16. The molecule has 2 aromatic heterocycles. The molecule has 1 aliphatic heterocycles. The number of para-hydroxylation sites is 1. The molecule has 0 saturated carbocycles. The second kappa shape index (κ2) is 12.5. The smallest absolute Gasteiger partial charge is 0.287 e. The van der Waals surface area contributed by atoms with E-state index in [0.29, 0.717) is 36.0 Å². The van der Waals surface area contributed by atoms with Crippen molar-refractivity contribution in [3.05, 3.63) is 82.5 Å². The molecule has 1 fully saturated rings. The number of aromatic nitrogens is 4. The van der Waals surface area contributed by atoms with Crippen molar-refractivity contribution in [3.8, 4) is 17.4 Å². The fourth-order valence-corrected chi connectivity index (χ4v) is 3.96. The first-order valence-corrected chi connectivity index (χ1v) is 12.7. The van der Waals surface area contributed by atoms with Crippen LogP contribution in [0, 0.1) is 10.1 Å². The van der Waals surface area contributed by atoms with Crippen molar-refractivity contribution in [2.75, 3.05) is 35.3 Å². The summed E-state index contributed by atoms with van der Waals surface area (Å²) in [4.78, 5) is 30.1.